The molecule has 15 heteroatoms. The van der Waals surface area contributed by atoms with Crippen molar-refractivity contribution in [2.75, 3.05) is 32.6 Å². The van der Waals surface area contributed by atoms with Gasteiger partial charge in [0.1, 0.15) is 6.23 Å². The molecule has 0 aromatic heterocycles. The van der Waals surface area contributed by atoms with Gasteiger partial charge in [-0.25, -0.2) is 0 Å². The minimum Gasteiger partial charge on any atom is -0.691 e. The third-order valence-electron chi connectivity index (χ3n) is 3.76. The maximum Gasteiger partial charge on any atom is 1.00 e. The molecule has 0 aromatic carbocycles. The van der Waals surface area contributed by atoms with Crippen LogP contribution in [0.1, 0.15) is 6.42 Å². The predicted molar refractivity (Wildman–Crippen MR) is 128 cm³/mol. The van der Waals surface area contributed by atoms with Gasteiger partial charge in [-0.2, -0.15) is 4.33 Å². The molecule has 31 heavy (non-hydrogen) atoms. The van der Waals surface area contributed by atoms with Gasteiger partial charge in [-0.3, -0.25) is 9.94 Å². The van der Waals surface area contributed by atoms with E-state index in [2.05, 4.69) is 61.7 Å². The summed E-state index contributed by atoms with van der Waals surface area (Å²) in [6.07, 6.45) is 0.0804. The fourth-order valence-corrected chi connectivity index (χ4v) is 18.2. The van der Waals surface area contributed by atoms with Crippen molar-refractivity contribution in [3.63, 3.8) is 0 Å². The molecule has 0 spiro atoms. The Morgan fingerprint density at radius 3 is 2.19 bits per heavy atom. The first kappa shape index (κ1) is 35.0. The van der Waals surface area contributed by atoms with Crippen molar-refractivity contribution < 1.29 is 66.4 Å². The number of aliphatic hydroxyl groups is 1. The molecule has 0 aliphatic rings. The van der Waals surface area contributed by atoms with E-state index < -0.39 is 40.7 Å². The van der Waals surface area contributed by atoms with Crippen LogP contribution in [0.5, 0.6) is 0 Å². The molecule has 0 amide bonds. The van der Waals surface area contributed by atoms with E-state index in [-0.39, 0.29) is 36.2 Å². The molecule has 0 saturated carbocycles. The standard InChI is InChI=1S/C16H43NO8SSi4.Na/c1-17(11-13-26-22-21-19)16(18)15-20-12-10-14-30(9,25-29(6,7)8)24-27(2)23-28(3,4)5;/h16,18-19,27H,10-15H2,1-9H3;/q;+1/p-1. The summed E-state index contributed by atoms with van der Waals surface area (Å²) < 4.78 is 29.0. The SMILES string of the molecule is CN(CCSOO[O-])C(O)COCCC[Si](C)(O[SiH](C)O[Si](C)(C)C)O[Si](C)(C)C.[Na+]. The normalized spacial score (nSPS) is 16.6. The third kappa shape index (κ3) is 20.9. The summed E-state index contributed by atoms with van der Waals surface area (Å²) in [6.45, 7) is 18.6. The van der Waals surface area contributed by atoms with Gasteiger partial charge in [0.05, 0.1) is 6.61 Å². The number of aliphatic hydroxyl groups excluding tert-OH is 1. The monoisotopic (exact) mass is 543 g/mol. The summed E-state index contributed by atoms with van der Waals surface area (Å²) in [7, 11) is -5.72. The van der Waals surface area contributed by atoms with Crippen molar-refractivity contribution in [3.8, 4) is 0 Å². The molecule has 0 aromatic rings. The van der Waals surface area contributed by atoms with Crippen LogP contribution >= 0.6 is 12.0 Å². The Morgan fingerprint density at radius 2 is 1.68 bits per heavy atom. The quantitative estimate of drug-likeness (QED) is 0.0588. The second-order valence-corrected chi connectivity index (χ2v) is 25.2. The molecule has 1 N–H and O–H groups in total. The number of rotatable bonds is 18. The average Bonchev–Trinajstić information content (AvgIpc) is 2.54. The zero-order valence-electron chi connectivity index (χ0n) is 21.1. The van der Waals surface area contributed by atoms with Crippen LogP contribution < -0.4 is 34.8 Å². The zero-order valence-corrected chi connectivity index (χ0v) is 28.0. The Morgan fingerprint density at radius 1 is 1.06 bits per heavy atom. The van der Waals surface area contributed by atoms with Crippen molar-refractivity contribution in [1.29, 1.82) is 0 Å². The summed E-state index contributed by atoms with van der Waals surface area (Å²) in [4.78, 5) is 1.72. The summed E-state index contributed by atoms with van der Waals surface area (Å²) in [5.74, 6) is 0.493. The minimum atomic E-state index is -2.36. The number of hydrogen-bond donors (Lipinski definition) is 1. The number of ether oxygens (including phenoxy) is 1. The van der Waals surface area contributed by atoms with Gasteiger partial charge in [-0.15, -0.1) is 0 Å². The van der Waals surface area contributed by atoms with Crippen LogP contribution in [0.2, 0.25) is 58.4 Å². The van der Waals surface area contributed by atoms with Gasteiger partial charge in [-0.1, -0.05) is 0 Å². The van der Waals surface area contributed by atoms with Crippen LogP contribution in [-0.2, 0) is 26.5 Å². The first-order chi connectivity index (χ1) is 13.7. The fourth-order valence-electron chi connectivity index (χ4n) is 2.85. The van der Waals surface area contributed by atoms with Crippen LogP contribution in [-0.4, -0.2) is 83.3 Å². The number of nitrogens with zero attached hydrogens (tertiary/aromatic N) is 1. The minimum absolute atomic E-state index is 0. The average molecular weight is 544 g/mol. The summed E-state index contributed by atoms with van der Waals surface area (Å²) >= 11 is 0.893. The number of hydrogen-bond acceptors (Lipinski definition) is 10. The van der Waals surface area contributed by atoms with Gasteiger partial charge < -0.3 is 27.4 Å². The van der Waals surface area contributed by atoms with Gasteiger partial charge in [-0.05, 0) is 71.9 Å². The van der Waals surface area contributed by atoms with Gasteiger partial charge in [0, 0.05) is 30.9 Å². The molecule has 0 aliphatic carbocycles. The van der Waals surface area contributed by atoms with Gasteiger partial charge >= 0.3 is 38.1 Å². The largest absolute Gasteiger partial charge is 1.00 e. The first-order valence-electron chi connectivity index (χ1n) is 10.3. The van der Waals surface area contributed by atoms with Gasteiger partial charge in [0.15, 0.2) is 16.6 Å². The van der Waals surface area contributed by atoms with E-state index in [9.17, 15) is 10.4 Å². The van der Waals surface area contributed by atoms with Crippen molar-refractivity contribution in [1.82, 2.24) is 4.90 Å². The second kappa shape index (κ2) is 17.3. The molecule has 0 saturated heterocycles. The Bertz CT molecular complexity index is 464. The van der Waals surface area contributed by atoms with Crippen molar-refractivity contribution in [2.45, 2.75) is 71.1 Å². The topological polar surface area (TPSA) is 102 Å². The maximum atomic E-state index is 10.1. The van der Waals surface area contributed by atoms with Gasteiger partial charge in [0.2, 0.25) is 0 Å². The molecule has 0 radical (unpaired) electrons. The Labute approximate surface area is 220 Å². The summed E-state index contributed by atoms with van der Waals surface area (Å²) in [5.41, 5.74) is 0. The molecule has 182 valence electrons. The molecular formula is C16H42NNaO8SSi4. The van der Waals surface area contributed by atoms with E-state index in [0.29, 0.717) is 18.9 Å². The smallest absolute Gasteiger partial charge is 0.691 e. The Kier molecular flexibility index (Phi) is 19.6. The van der Waals surface area contributed by atoms with E-state index in [4.69, 9.17) is 17.1 Å². The molecular weight excluding hydrogens is 502 g/mol. The van der Waals surface area contributed by atoms with E-state index in [0.717, 1.165) is 24.5 Å². The van der Waals surface area contributed by atoms with Crippen molar-refractivity contribution in [3.05, 3.63) is 0 Å². The van der Waals surface area contributed by atoms with Crippen LogP contribution in [0.3, 0.4) is 0 Å². The first-order valence-corrected chi connectivity index (χ1v) is 22.6. The molecule has 0 bridgehead atoms. The van der Waals surface area contributed by atoms with Crippen molar-refractivity contribution >= 4 is 46.5 Å². The van der Waals surface area contributed by atoms with E-state index in [1.54, 1.807) is 11.9 Å². The molecule has 0 aliphatic heterocycles. The van der Waals surface area contributed by atoms with E-state index in [1.807, 2.05) is 0 Å². The van der Waals surface area contributed by atoms with Crippen LogP contribution in [0.15, 0.2) is 0 Å². The zero-order chi connectivity index (χ0) is 23.4. The molecule has 3 unspecified atom stereocenters. The number of likely N-dealkylation sites (N-methyl/N-ethyl adjacent to an activating group) is 1. The summed E-state index contributed by atoms with van der Waals surface area (Å²) in [6, 6.07) is 0.832. The Hall–Kier alpha value is 1.86. The molecule has 0 fully saturated rings. The second-order valence-electron chi connectivity index (χ2n) is 9.36. The molecule has 0 heterocycles. The molecule has 0 rings (SSSR count). The van der Waals surface area contributed by atoms with E-state index in [1.165, 1.54) is 0 Å². The van der Waals surface area contributed by atoms with Gasteiger partial charge in [0.25, 0.3) is 9.28 Å². The third-order valence-corrected chi connectivity index (χ3v) is 17.2. The Balaban J connectivity index is 0. The predicted octanol–water partition coefficient (Wildman–Crippen LogP) is -0.839. The van der Waals surface area contributed by atoms with E-state index >= 15 is 0 Å². The maximum absolute atomic E-state index is 10.1. The fraction of sp³-hybridized carbons (Fsp3) is 1.00. The summed E-state index contributed by atoms with van der Waals surface area (Å²) in [5, 5.41) is 23.1. The molecule has 3 atom stereocenters. The van der Waals surface area contributed by atoms with Crippen molar-refractivity contribution in [2.24, 2.45) is 0 Å². The van der Waals surface area contributed by atoms with Crippen LogP contribution in [0.4, 0.5) is 0 Å². The molecule has 9 nitrogen and oxygen atoms in total. The van der Waals surface area contributed by atoms with Crippen LogP contribution in [0.25, 0.3) is 0 Å². The van der Waals surface area contributed by atoms with Crippen LogP contribution in [0, 0.1) is 0 Å².